The Morgan fingerprint density at radius 2 is 1.87 bits per heavy atom. The summed E-state index contributed by atoms with van der Waals surface area (Å²) in [7, 11) is 0. The van der Waals surface area contributed by atoms with E-state index < -0.39 is 0 Å². The summed E-state index contributed by atoms with van der Waals surface area (Å²) in [6.07, 6.45) is 2.64. The molecule has 0 radical (unpaired) electrons. The van der Waals surface area contributed by atoms with Crippen molar-refractivity contribution in [3.8, 4) is 11.3 Å². The molecular weight excluding hydrogens is 186 g/mol. The lowest BCUT2D eigenvalue weighted by molar-refractivity contribution is 0.943. The van der Waals surface area contributed by atoms with E-state index in [1.54, 1.807) is 6.20 Å². The molecule has 76 valence electrons. The largest absolute Gasteiger partial charge is 0.399 e. The molecule has 0 aliphatic heterocycles. The zero-order valence-corrected chi connectivity index (χ0v) is 8.64. The van der Waals surface area contributed by atoms with Crippen molar-refractivity contribution in [1.29, 1.82) is 0 Å². The Morgan fingerprint density at radius 1 is 1.13 bits per heavy atom. The molecule has 0 aliphatic carbocycles. The van der Waals surface area contributed by atoms with Crippen molar-refractivity contribution in [2.45, 2.75) is 13.3 Å². The maximum Gasteiger partial charge on any atom is 0.128 e. The second kappa shape index (κ2) is 4.09. The summed E-state index contributed by atoms with van der Waals surface area (Å²) >= 11 is 0. The number of aromatic nitrogens is 2. The highest BCUT2D eigenvalue weighted by atomic mass is 14.9. The number of hydrogen-bond acceptors (Lipinski definition) is 3. The van der Waals surface area contributed by atoms with Gasteiger partial charge < -0.3 is 5.73 Å². The van der Waals surface area contributed by atoms with Gasteiger partial charge in [-0.25, -0.2) is 9.97 Å². The van der Waals surface area contributed by atoms with Gasteiger partial charge in [0.05, 0.1) is 5.69 Å². The van der Waals surface area contributed by atoms with Gasteiger partial charge >= 0.3 is 0 Å². The van der Waals surface area contributed by atoms with Crippen LogP contribution >= 0.6 is 0 Å². The minimum atomic E-state index is 0.767. The van der Waals surface area contributed by atoms with Crippen LogP contribution in [0.15, 0.2) is 36.5 Å². The van der Waals surface area contributed by atoms with Crippen molar-refractivity contribution in [2.75, 3.05) is 5.73 Å². The van der Waals surface area contributed by atoms with Crippen molar-refractivity contribution in [1.82, 2.24) is 9.97 Å². The number of nitrogens with two attached hydrogens (primary N) is 1. The van der Waals surface area contributed by atoms with Gasteiger partial charge in [-0.1, -0.05) is 19.1 Å². The lowest BCUT2D eigenvalue weighted by Gasteiger charge is -2.02. The fourth-order valence-corrected chi connectivity index (χ4v) is 1.38. The van der Waals surface area contributed by atoms with E-state index in [1.807, 2.05) is 37.3 Å². The Balaban J connectivity index is 2.40. The van der Waals surface area contributed by atoms with E-state index in [1.165, 1.54) is 0 Å². The molecule has 2 N–H and O–H groups in total. The molecule has 2 rings (SSSR count). The SMILES string of the molecule is CCc1nccc(-c2ccc(N)cc2)n1. The fraction of sp³-hybridized carbons (Fsp3) is 0.167. The van der Waals surface area contributed by atoms with Crippen molar-refractivity contribution >= 4 is 5.69 Å². The van der Waals surface area contributed by atoms with Gasteiger partial charge in [0.15, 0.2) is 0 Å². The molecule has 1 aromatic heterocycles. The van der Waals surface area contributed by atoms with Crippen molar-refractivity contribution in [3.63, 3.8) is 0 Å². The molecular formula is C12H13N3. The summed E-state index contributed by atoms with van der Waals surface area (Å²) in [6.45, 7) is 2.04. The molecule has 0 unspecified atom stereocenters. The minimum absolute atomic E-state index is 0.767. The van der Waals surface area contributed by atoms with Crippen molar-refractivity contribution in [2.24, 2.45) is 0 Å². The van der Waals surface area contributed by atoms with Gasteiger partial charge in [-0.3, -0.25) is 0 Å². The third-order valence-electron chi connectivity index (χ3n) is 2.23. The smallest absolute Gasteiger partial charge is 0.128 e. The number of benzene rings is 1. The van der Waals surface area contributed by atoms with E-state index in [4.69, 9.17) is 5.73 Å². The maximum absolute atomic E-state index is 5.63. The predicted molar refractivity (Wildman–Crippen MR) is 61.3 cm³/mol. The Bertz CT molecular complexity index is 449. The van der Waals surface area contributed by atoms with Crippen LogP contribution in [0.1, 0.15) is 12.7 Å². The number of aryl methyl sites for hydroxylation is 1. The molecule has 1 aromatic carbocycles. The molecule has 0 fully saturated rings. The molecule has 3 heteroatoms. The summed E-state index contributed by atoms with van der Waals surface area (Å²) < 4.78 is 0. The predicted octanol–water partition coefficient (Wildman–Crippen LogP) is 2.29. The fourth-order valence-electron chi connectivity index (χ4n) is 1.38. The average Bonchev–Trinajstić information content (AvgIpc) is 2.30. The third-order valence-corrected chi connectivity index (χ3v) is 2.23. The van der Waals surface area contributed by atoms with E-state index in [0.29, 0.717) is 0 Å². The standard InChI is InChI=1S/C12H13N3/c1-2-12-14-8-7-11(15-12)9-3-5-10(13)6-4-9/h3-8H,2,13H2,1H3. The van der Waals surface area contributed by atoms with Crippen LogP contribution < -0.4 is 5.73 Å². The molecule has 0 saturated heterocycles. The molecule has 0 atom stereocenters. The Labute approximate surface area is 89.0 Å². The number of rotatable bonds is 2. The van der Waals surface area contributed by atoms with Gasteiger partial charge in [0.25, 0.3) is 0 Å². The van der Waals surface area contributed by atoms with Crippen LogP contribution in [-0.4, -0.2) is 9.97 Å². The second-order valence-electron chi connectivity index (χ2n) is 3.33. The van der Waals surface area contributed by atoms with Gasteiger partial charge in [-0.2, -0.15) is 0 Å². The van der Waals surface area contributed by atoms with Gasteiger partial charge in [0.1, 0.15) is 5.82 Å². The van der Waals surface area contributed by atoms with Gasteiger partial charge in [-0.05, 0) is 18.2 Å². The number of anilines is 1. The van der Waals surface area contributed by atoms with E-state index >= 15 is 0 Å². The highest BCUT2D eigenvalue weighted by molar-refractivity contribution is 5.61. The summed E-state index contributed by atoms with van der Waals surface area (Å²) in [5.41, 5.74) is 8.41. The van der Waals surface area contributed by atoms with Gasteiger partial charge in [0.2, 0.25) is 0 Å². The van der Waals surface area contributed by atoms with Crippen LogP contribution in [0.5, 0.6) is 0 Å². The number of hydrogen-bond donors (Lipinski definition) is 1. The summed E-state index contributed by atoms with van der Waals surface area (Å²) in [6, 6.07) is 9.60. The topological polar surface area (TPSA) is 51.8 Å². The number of nitrogens with zero attached hydrogens (tertiary/aromatic N) is 2. The highest BCUT2D eigenvalue weighted by Crippen LogP contribution is 2.17. The normalized spacial score (nSPS) is 10.2. The average molecular weight is 199 g/mol. The van der Waals surface area contributed by atoms with Crippen LogP contribution in [-0.2, 0) is 6.42 Å². The second-order valence-corrected chi connectivity index (χ2v) is 3.33. The Morgan fingerprint density at radius 3 is 2.53 bits per heavy atom. The van der Waals surface area contributed by atoms with Crippen LogP contribution in [0.25, 0.3) is 11.3 Å². The first-order chi connectivity index (χ1) is 7.29. The number of nitrogen functional groups attached to an aromatic ring is 1. The Hall–Kier alpha value is -1.90. The van der Waals surface area contributed by atoms with E-state index in [9.17, 15) is 0 Å². The monoisotopic (exact) mass is 199 g/mol. The minimum Gasteiger partial charge on any atom is -0.399 e. The molecule has 0 bridgehead atoms. The summed E-state index contributed by atoms with van der Waals surface area (Å²) in [5, 5.41) is 0. The molecule has 0 spiro atoms. The van der Waals surface area contributed by atoms with Gasteiger partial charge in [-0.15, -0.1) is 0 Å². The lowest BCUT2D eigenvalue weighted by Crippen LogP contribution is -1.94. The van der Waals surface area contributed by atoms with E-state index in [0.717, 1.165) is 29.2 Å². The Kier molecular flexibility index (Phi) is 2.63. The van der Waals surface area contributed by atoms with Gasteiger partial charge in [0, 0.05) is 23.9 Å². The molecule has 3 nitrogen and oxygen atoms in total. The summed E-state index contributed by atoms with van der Waals surface area (Å²) in [5.74, 6) is 0.865. The first kappa shape index (κ1) is 9.65. The highest BCUT2D eigenvalue weighted by Gasteiger charge is 2.00. The maximum atomic E-state index is 5.63. The quantitative estimate of drug-likeness (QED) is 0.755. The first-order valence-electron chi connectivity index (χ1n) is 4.97. The van der Waals surface area contributed by atoms with Crippen LogP contribution in [0.2, 0.25) is 0 Å². The van der Waals surface area contributed by atoms with Crippen LogP contribution in [0, 0.1) is 0 Å². The van der Waals surface area contributed by atoms with E-state index in [-0.39, 0.29) is 0 Å². The van der Waals surface area contributed by atoms with Crippen molar-refractivity contribution < 1.29 is 0 Å². The van der Waals surface area contributed by atoms with Crippen LogP contribution in [0.3, 0.4) is 0 Å². The zero-order chi connectivity index (χ0) is 10.7. The molecule has 0 saturated carbocycles. The zero-order valence-electron chi connectivity index (χ0n) is 8.64. The first-order valence-corrected chi connectivity index (χ1v) is 4.97. The third kappa shape index (κ3) is 2.13. The van der Waals surface area contributed by atoms with Crippen LogP contribution in [0.4, 0.5) is 5.69 Å². The van der Waals surface area contributed by atoms with Crippen molar-refractivity contribution in [3.05, 3.63) is 42.4 Å². The molecule has 2 aromatic rings. The molecule has 1 heterocycles. The molecule has 15 heavy (non-hydrogen) atoms. The lowest BCUT2D eigenvalue weighted by atomic mass is 10.1. The molecule has 0 amide bonds. The molecule has 0 aliphatic rings. The van der Waals surface area contributed by atoms with E-state index in [2.05, 4.69) is 9.97 Å². The summed E-state index contributed by atoms with van der Waals surface area (Å²) in [4.78, 5) is 8.60.